The van der Waals surface area contributed by atoms with Gasteiger partial charge in [-0.2, -0.15) is 0 Å². The second-order valence-corrected chi connectivity index (χ2v) is 3.55. The minimum Gasteiger partial charge on any atom is -0.457 e. The first-order valence-corrected chi connectivity index (χ1v) is 4.38. The van der Waals surface area contributed by atoms with E-state index in [9.17, 15) is 4.79 Å². The van der Waals surface area contributed by atoms with Crippen molar-refractivity contribution in [3.63, 3.8) is 0 Å². The molecular weight excluding hydrogens is 164 g/mol. The van der Waals surface area contributed by atoms with Crippen molar-refractivity contribution in [1.82, 2.24) is 0 Å². The number of rotatable bonds is 0. The average molecular weight is 176 g/mol. The molecule has 13 heavy (non-hydrogen) atoms. The van der Waals surface area contributed by atoms with Crippen LogP contribution in [-0.2, 0) is 11.3 Å². The van der Waals surface area contributed by atoms with Crippen molar-refractivity contribution in [1.29, 1.82) is 0 Å². The average Bonchev–Trinajstić information content (AvgIpc) is 2.45. The molecule has 2 rings (SSSR count). The molecule has 0 amide bonds. The van der Waals surface area contributed by atoms with E-state index >= 15 is 0 Å². The molecule has 0 radical (unpaired) electrons. The van der Waals surface area contributed by atoms with Crippen LogP contribution in [0.5, 0.6) is 0 Å². The Hall–Kier alpha value is -1.31. The van der Waals surface area contributed by atoms with Crippen LogP contribution in [0.25, 0.3) is 0 Å². The molecule has 0 bridgehead atoms. The van der Waals surface area contributed by atoms with Crippen LogP contribution in [0.15, 0.2) is 6.07 Å². The Bertz CT molecular complexity index is 392. The Labute approximate surface area is 77.5 Å². The van der Waals surface area contributed by atoms with Gasteiger partial charge in [-0.15, -0.1) is 0 Å². The highest BCUT2D eigenvalue weighted by Crippen LogP contribution is 2.27. The van der Waals surface area contributed by atoms with Gasteiger partial charge in [0, 0.05) is 5.56 Å². The molecule has 0 atom stereocenters. The summed E-state index contributed by atoms with van der Waals surface area (Å²) < 4.78 is 4.98. The van der Waals surface area contributed by atoms with E-state index < -0.39 is 0 Å². The molecule has 0 N–H and O–H groups in total. The van der Waals surface area contributed by atoms with Gasteiger partial charge in [-0.1, -0.05) is 0 Å². The predicted octanol–water partition coefficient (Wildman–Crippen LogP) is 2.28. The van der Waals surface area contributed by atoms with Gasteiger partial charge in [-0.3, -0.25) is 0 Å². The first-order valence-electron chi connectivity index (χ1n) is 4.38. The molecule has 0 saturated carbocycles. The molecule has 0 saturated heterocycles. The minimum absolute atomic E-state index is 0.179. The largest absolute Gasteiger partial charge is 0.457 e. The van der Waals surface area contributed by atoms with Gasteiger partial charge in [-0.25, -0.2) is 4.79 Å². The molecule has 2 nitrogen and oxygen atoms in total. The maximum Gasteiger partial charge on any atom is 0.338 e. The summed E-state index contributed by atoms with van der Waals surface area (Å²) in [5.74, 6) is -0.179. The van der Waals surface area contributed by atoms with Crippen LogP contribution in [0.4, 0.5) is 0 Å². The van der Waals surface area contributed by atoms with Crippen LogP contribution < -0.4 is 0 Å². The maximum absolute atomic E-state index is 11.3. The van der Waals surface area contributed by atoms with Gasteiger partial charge in [0.1, 0.15) is 6.61 Å². The number of hydrogen-bond donors (Lipinski definition) is 0. The number of esters is 1. The van der Waals surface area contributed by atoms with Gasteiger partial charge >= 0.3 is 5.97 Å². The first-order chi connectivity index (χ1) is 6.11. The normalized spacial score (nSPS) is 14.2. The Kier molecular flexibility index (Phi) is 1.65. The summed E-state index contributed by atoms with van der Waals surface area (Å²) >= 11 is 0. The fourth-order valence-corrected chi connectivity index (χ4v) is 1.72. The van der Waals surface area contributed by atoms with Crippen molar-refractivity contribution in [2.24, 2.45) is 0 Å². The monoisotopic (exact) mass is 176 g/mol. The number of aryl methyl sites for hydroxylation is 1. The zero-order valence-corrected chi connectivity index (χ0v) is 8.10. The van der Waals surface area contributed by atoms with E-state index in [0.717, 1.165) is 16.7 Å². The SMILES string of the molecule is Cc1cc2c(c(C)c1C)COC2=O. The van der Waals surface area contributed by atoms with E-state index in [2.05, 4.69) is 6.92 Å². The number of ether oxygens (including phenoxy) is 1. The van der Waals surface area contributed by atoms with Gasteiger partial charge in [0.15, 0.2) is 0 Å². The third kappa shape index (κ3) is 1.05. The number of fused-ring (bicyclic) bond motifs is 1. The van der Waals surface area contributed by atoms with Gasteiger partial charge in [0.05, 0.1) is 5.56 Å². The van der Waals surface area contributed by atoms with E-state index in [1.54, 1.807) is 0 Å². The summed E-state index contributed by atoms with van der Waals surface area (Å²) in [4.78, 5) is 11.3. The molecular formula is C11H12O2. The van der Waals surface area contributed by atoms with E-state index in [-0.39, 0.29) is 5.97 Å². The van der Waals surface area contributed by atoms with Crippen molar-refractivity contribution in [2.45, 2.75) is 27.4 Å². The Morgan fingerprint density at radius 3 is 2.62 bits per heavy atom. The fraction of sp³-hybridized carbons (Fsp3) is 0.364. The zero-order valence-electron chi connectivity index (χ0n) is 8.10. The molecule has 2 heteroatoms. The third-order valence-corrected chi connectivity index (χ3v) is 2.86. The maximum atomic E-state index is 11.3. The lowest BCUT2D eigenvalue weighted by molar-refractivity contribution is 0.0535. The molecule has 0 fully saturated rings. The summed E-state index contributed by atoms with van der Waals surface area (Å²) in [6.07, 6.45) is 0. The number of carbonyl (C=O) groups is 1. The standard InChI is InChI=1S/C11H12O2/c1-6-4-9-10(5-13-11(9)12)8(3)7(6)2/h4H,5H2,1-3H3. The van der Waals surface area contributed by atoms with E-state index in [1.807, 2.05) is 19.9 Å². The van der Waals surface area contributed by atoms with Gasteiger partial charge in [0.25, 0.3) is 0 Å². The second-order valence-electron chi connectivity index (χ2n) is 3.55. The summed E-state index contributed by atoms with van der Waals surface area (Å²) in [5, 5.41) is 0. The number of benzene rings is 1. The molecule has 0 aromatic heterocycles. The van der Waals surface area contributed by atoms with Crippen molar-refractivity contribution in [3.8, 4) is 0 Å². The van der Waals surface area contributed by atoms with Crippen molar-refractivity contribution in [3.05, 3.63) is 33.9 Å². The number of cyclic esters (lactones) is 1. The van der Waals surface area contributed by atoms with Crippen LogP contribution in [0.2, 0.25) is 0 Å². The molecule has 1 heterocycles. The zero-order chi connectivity index (χ0) is 9.59. The topological polar surface area (TPSA) is 26.3 Å². The summed E-state index contributed by atoms with van der Waals surface area (Å²) in [5.41, 5.74) is 5.43. The quantitative estimate of drug-likeness (QED) is 0.567. The van der Waals surface area contributed by atoms with Crippen molar-refractivity contribution < 1.29 is 9.53 Å². The fourth-order valence-electron chi connectivity index (χ4n) is 1.72. The molecule has 0 unspecified atom stereocenters. The summed E-state index contributed by atoms with van der Waals surface area (Å²) in [6.45, 7) is 6.59. The Morgan fingerprint density at radius 2 is 1.92 bits per heavy atom. The van der Waals surface area contributed by atoms with Crippen LogP contribution in [0, 0.1) is 20.8 Å². The number of carbonyl (C=O) groups excluding carboxylic acids is 1. The highest BCUT2D eigenvalue weighted by atomic mass is 16.5. The van der Waals surface area contributed by atoms with Gasteiger partial charge in [0.2, 0.25) is 0 Å². The Balaban J connectivity index is 2.74. The van der Waals surface area contributed by atoms with Gasteiger partial charge in [-0.05, 0) is 43.5 Å². The van der Waals surface area contributed by atoms with E-state index in [4.69, 9.17) is 4.74 Å². The van der Waals surface area contributed by atoms with E-state index in [1.165, 1.54) is 11.1 Å². The second kappa shape index (κ2) is 2.59. The molecule has 0 spiro atoms. The van der Waals surface area contributed by atoms with E-state index in [0.29, 0.717) is 6.61 Å². The molecule has 1 aliphatic rings. The summed E-state index contributed by atoms with van der Waals surface area (Å²) in [6, 6.07) is 1.92. The number of hydrogen-bond acceptors (Lipinski definition) is 2. The predicted molar refractivity (Wildman–Crippen MR) is 49.8 cm³/mol. The van der Waals surface area contributed by atoms with Crippen LogP contribution in [-0.4, -0.2) is 5.97 Å². The lowest BCUT2D eigenvalue weighted by Crippen LogP contribution is -1.97. The molecule has 1 aliphatic heterocycles. The highest BCUT2D eigenvalue weighted by Gasteiger charge is 2.24. The lowest BCUT2D eigenvalue weighted by Gasteiger charge is -2.07. The van der Waals surface area contributed by atoms with Crippen LogP contribution in [0.1, 0.15) is 32.6 Å². The van der Waals surface area contributed by atoms with Crippen molar-refractivity contribution >= 4 is 5.97 Å². The highest BCUT2D eigenvalue weighted by molar-refractivity contribution is 5.94. The third-order valence-electron chi connectivity index (χ3n) is 2.86. The Morgan fingerprint density at radius 1 is 1.23 bits per heavy atom. The molecule has 1 aromatic rings. The molecule has 1 aromatic carbocycles. The molecule has 68 valence electrons. The first kappa shape index (κ1) is 8.30. The summed E-state index contributed by atoms with van der Waals surface area (Å²) in [7, 11) is 0. The molecule has 0 aliphatic carbocycles. The van der Waals surface area contributed by atoms with Crippen LogP contribution in [0.3, 0.4) is 0 Å². The smallest absolute Gasteiger partial charge is 0.338 e. The lowest BCUT2D eigenvalue weighted by atomic mass is 9.95. The van der Waals surface area contributed by atoms with Crippen LogP contribution >= 0.6 is 0 Å². The van der Waals surface area contributed by atoms with Crippen molar-refractivity contribution in [2.75, 3.05) is 0 Å². The minimum atomic E-state index is -0.179. The van der Waals surface area contributed by atoms with Gasteiger partial charge < -0.3 is 4.74 Å².